The summed E-state index contributed by atoms with van der Waals surface area (Å²) < 4.78 is 38.4. The number of ether oxygens (including phenoxy) is 2. The fraction of sp³-hybridized carbons (Fsp3) is 0.412. The van der Waals surface area contributed by atoms with Crippen molar-refractivity contribution < 1.29 is 17.9 Å². The number of aromatic nitrogens is 2. The summed E-state index contributed by atoms with van der Waals surface area (Å²) in [5.41, 5.74) is 0.982. The van der Waals surface area contributed by atoms with Crippen molar-refractivity contribution in [2.75, 3.05) is 44.3 Å². The van der Waals surface area contributed by atoms with Gasteiger partial charge in [-0.15, -0.1) is 0 Å². The molecule has 138 valence electrons. The van der Waals surface area contributed by atoms with Gasteiger partial charge in [0.1, 0.15) is 25.4 Å². The number of nitrogens with zero attached hydrogens (tertiary/aromatic N) is 4. The van der Waals surface area contributed by atoms with E-state index in [4.69, 9.17) is 9.47 Å². The fourth-order valence-electron chi connectivity index (χ4n) is 3.20. The van der Waals surface area contributed by atoms with Gasteiger partial charge in [-0.3, -0.25) is 0 Å². The van der Waals surface area contributed by atoms with Crippen molar-refractivity contribution >= 4 is 15.8 Å². The zero-order valence-electron chi connectivity index (χ0n) is 14.5. The molecule has 4 rings (SSSR count). The van der Waals surface area contributed by atoms with E-state index in [1.807, 2.05) is 6.92 Å². The zero-order valence-corrected chi connectivity index (χ0v) is 15.3. The van der Waals surface area contributed by atoms with Gasteiger partial charge in [-0.25, -0.2) is 18.4 Å². The summed E-state index contributed by atoms with van der Waals surface area (Å²) in [4.78, 5) is 10.6. The number of anilines is 1. The summed E-state index contributed by atoms with van der Waals surface area (Å²) in [5.74, 6) is 1.92. The molecule has 26 heavy (non-hydrogen) atoms. The molecule has 0 bridgehead atoms. The van der Waals surface area contributed by atoms with Crippen molar-refractivity contribution in [3.05, 3.63) is 36.3 Å². The highest BCUT2D eigenvalue weighted by Gasteiger charge is 2.30. The molecule has 0 radical (unpaired) electrons. The van der Waals surface area contributed by atoms with Gasteiger partial charge in [0.05, 0.1) is 4.90 Å². The average Bonchev–Trinajstić information content (AvgIpc) is 2.68. The number of piperazine rings is 1. The van der Waals surface area contributed by atoms with Gasteiger partial charge in [0.25, 0.3) is 0 Å². The van der Waals surface area contributed by atoms with E-state index in [1.165, 1.54) is 10.6 Å². The molecular weight excluding hydrogens is 356 g/mol. The number of rotatable bonds is 3. The van der Waals surface area contributed by atoms with Crippen molar-refractivity contribution in [1.82, 2.24) is 14.3 Å². The lowest BCUT2D eigenvalue weighted by Crippen LogP contribution is -2.49. The summed E-state index contributed by atoms with van der Waals surface area (Å²) in [5, 5.41) is 0. The van der Waals surface area contributed by atoms with Gasteiger partial charge in [-0.2, -0.15) is 4.31 Å². The number of sulfonamides is 1. The molecule has 1 saturated heterocycles. The third kappa shape index (κ3) is 3.08. The van der Waals surface area contributed by atoms with Crippen molar-refractivity contribution in [2.45, 2.75) is 11.8 Å². The van der Waals surface area contributed by atoms with E-state index in [2.05, 4.69) is 14.9 Å². The van der Waals surface area contributed by atoms with Crippen LogP contribution >= 0.6 is 0 Å². The molecule has 8 nitrogen and oxygen atoms in total. The molecular formula is C17H20N4O4S. The summed E-state index contributed by atoms with van der Waals surface area (Å²) in [7, 11) is -3.57. The van der Waals surface area contributed by atoms with Gasteiger partial charge in [0.15, 0.2) is 11.5 Å². The lowest BCUT2D eigenvalue weighted by Gasteiger charge is -2.35. The Bertz CT molecular complexity index is 911. The van der Waals surface area contributed by atoms with E-state index in [1.54, 1.807) is 24.4 Å². The Morgan fingerprint density at radius 3 is 2.50 bits per heavy atom. The van der Waals surface area contributed by atoms with Crippen LogP contribution in [-0.2, 0) is 10.0 Å². The van der Waals surface area contributed by atoms with E-state index < -0.39 is 10.0 Å². The SMILES string of the molecule is Cc1cncnc1N1CCN(S(=O)(=O)c2ccc3c(c2)OCCO3)CC1. The molecule has 2 aliphatic heterocycles. The second-order valence-corrected chi connectivity index (χ2v) is 8.16. The Kier molecular flexibility index (Phi) is 4.41. The van der Waals surface area contributed by atoms with Crippen molar-refractivity contribution in [3.8, 4) is 11.5 Å². The standard InChI is InChI=1S/C17H20N4O4S/c1-13-11-18-12-19-17(13)20-4-6-21(7-5-20)26(22,23)14-2-3-15-16(10-14)25-9-8-24-15/h2-3,10-12H,4-9H2,1H3. The van der Waals surface area contributed by atoms with Crippen molar-refractivity contribution in [1.29, 1.82) is 0 Å². The van der Waals surface area contributed by atoms with Gasteiger partial charge in [0, 0.05) is 44.0 Å². The van der Waals surface area contributed by atoms with Crippen LogP contribution < -0.4 is 14.4 Å². The molecule has 2 aromatic rings. The third-order valence-corrected chi connectivity index (χ3v) is 6.45. The summed E-state index contributed by atoms with van der Waals surface area (Å²) in [6.07, 6.45) is 3.28. The molecule has 2 aliphatic rings. The minimum atomic E-state index is -3.57. The summed E-state index contributed by atoms with van der Waals surface area (Å²) in [6.45, 7) is 4.83. The molecule has 9 heteroatoms. The topological polar surface area (TPSA) is 84.9 Å². The lowest BCUT2D eigenvalue weighted by atomic mass is 10.3. The molecule has 0 aliphatic carbocycles. The predicted molar refractivity (Wildman–Crippen MR) is 95.2 cm³/mol. The Balaban J connectivity index is 1.51. The molecule has 1 aromatic heterocycles. The Morgan fingerprint density at radius 2 is 1.77 bits per heavy atom. The highest BCUT2D eigenvalue weighted by Crippen LogP contribution is 2.33. The van der Waals surface area contributed by atoms with Crippen LogP contribution in [0.15, 0.2) is 35.6 Å². The molecule has 0 unspecified atom stereocenters. The second-order valence-electron chi connectivity index (χ2n) is 6.23. The Morgan fingerprint density at radius 1 is 1.04 bits per heavy atom. The Labute approximate surface area is 152 Å². The molecule has 1 fully saturated rings. The van der Waals surface area contributed by atoms with Crippen LogP contribution in [0.5, 0.6) is 11.5 Å². The van der Waals surface area contributed by atoms with Gasteiger partial charge in [-0.1, -0.05) is 0 Å². The number of hydrogen-bond donors (Lipinski definition) is 0. The molecule has 0 N–H and O–H groups in total. The predicted octanol–water partition coefficient (Wildman–Crippen LogP) is 1.07. The monoisotopic (exact) mass is 376 g/mol. The zero-order chi connectivity index (χ0) is 18.1. The minimum absolute atomic E-state index is 0.230. The van der Waals surface area contributed by atoms with Crippen LogP contribution in [0.3, 0.4) is 0 Å². The highest BCUT2D eigenvalue weighted by atomic mass is 32.2. The van der Waals surface area contributed by atoms with Crippen LogP contribution in [0.1, 0.15) is 5.56 Å². The van der Waals surface area contributed by atoms with Crippen LogP contribution in [0.25, 0.3) is 0 Å². The Hall–Kier alpha value is -2.39. The van der Waals surface area contributed by atoms with Gasteiger partial charge < -0.3 is 14.4 Å². The first-order chi connectivity index (χ1) is 12.6. The average molecular weight is 376 g/mol. The number of hydrogen-bond acceptors (Lipinski definition) is 7. The normalized spacial score (nSPS) is 18.0. The molecule has 0 atom stereocenters. The first-order valence-corrected chi connectivity index (χ1v) is 9.91. The third-order valence-electron chi connectivity index (χ3n) is 4.56. The maximum atomic E-state index is 13.0. The largest absolute Gasteiger partial charge is 0.486 e. The molecule has 0 spiro atoms. The summed E-state index contributed by atoms with van der Waals surface area (Å²) in [6, 6.07) is 4.77. The lowest BCUT2D eigenvalue weighted by molar-refractivity contribution is 0.171. The molecule has 0 saturated carbocycles. The highest BCUT2D eigenvalue weighted by molar-refractivity contribution is 7.89. The fourth-order valence-corrected chi connectivity index (χ4v) is 4.64. The van der Waals surface area contributed by atoms with E-state index >= 15 is 0 Å². The van der Waals surface area contributed by atoms with E-state index in [0.29, 0.717) is 50.9 Å². The number of aryl methyl sites for hydroxylation is 1. The van der Waals surface area contributed by atoms with Gasteiger partial charge in [0.2, 0.25) is 10.0 Å². The summed E-state index contributed by atoms with van der Waals surface area (Å²) >= 11 is 0. The minimum Gasteiger partial charge on any atom is -0.486 e. The van der Waals surface area contributed by atoms with Crippen LogP contribution in [0.4, 0.5) is 5.82 Å². The first-order valence-electron chi connectivity index (χ1n) is 8.47. The van der Waals surface area contributed by atoms with Crippen LogP contribution in [0, 0.1) is 6.92 Å². The van der Waals surface area contributed by atoms with E-state index in [-0.39, 0.29) is 4.90 Å². The maximum absolute atomic E-state index is 13.0. The smallest absolute Gasteiger partial charge is 0.243 e. The van der Waals surface area contributed by atoms with Crippen molar-refractivity contribution in [2.24, 2.45) is 0 Å². The maximum Gasteiger partial charge on any atom is 0.243 e. The van der Waals surface area contributed by atoms with Gasteiger partial charge in [-0.05, 0) is 19.1 Å². The van der Waals surface area contributed by atoms with Crippen molar-refractivity contribution in [3.63, 3.8) is 0 Å². The quantitative estimate of drug-likeness (QED) is 0.792. The van der Waals surface area contributed by atoms with Gasteiger partial charge >= 0.3 is 0 Å². The second kappa shape index (κ2) is 6.73. The number of fused-ring (bicyclic) bond motifs is 1. The molecule has 0 amide bonds. The van der Waals surface area contributed by atoms with Crippen LogP contribution in [-0.4, -0.2) is 62.1 Å². The van der Waals surface area contributed by atoms with Crippen LogP contribution in [0.2, 0.25) is 0 Å². The molecule has 1 aromatic carbocycles. The molecule has 3 heterocycles. The first kappa shape index (κ1) is 17.0. The number of benzene rings is 1. The van der Waals surface area contributed by atoms with E-state index in [0.717, 1.165) is 11.4 Å². The van der Waals surface area contributed by atoms with E-state index in [9.17, 15) is 8.42 Å².